The molecule has 0 aromatic carbocycles. The smallest absolute Gasteiger partial charge is 0.225 e. The van der Waals surface area contributed by atoms with Gasteiger partial charge in [-0.05, 0) is 44.1 Å². The first-order valence-electron chi connectivity index (χ1n) is 8.27. The fourth-order valence-electron chi connectivity index (χ4n) is 3.42. The van der Waals surface area contributed by atoms with Crippen LogP contribution in [-0.2, 0) is 4.79 Å². The van der Waals surface area contributed by atoms with Crippen molar-refractivity contribution in [3.05, 3.63) is 17.5 Å². The largest absolute Gasteiger partial charge is 0.355 e. The predicted molar refractivity (Wildman–Crippen MR) is 86.0 cm³/mol. The molecule has 0 spiro atoms. The highest BCUT2D eigenvalue weighted by atomic mass is 32.1. The quantitative estimate of drug-likeness (QED) is 0.864. The lowest BCUT2D eigenvalue weighted by atomic mass is 9.83. The van der Waals surface area contributed by atoms with Crippen molar-refractivity contribution in [2.75, 3.05) is 13.1 Å². The number of carbonyl (C=O) groups is 1. The van der Waals surface area contributed by atoms with E-state index in [4.69, 9.17) is 4.52 Å². The molecule has 23 heavy (non-hydrogen) atoms. The number of carbonyl (C=O) groups excluding carboxylic acids is 1. The van der Waals surface area contributed by atoms with Crippen LogP contribution < -0.4 is 0 Å². The number of aromatic nitrogens is 3. The summed E-state index contributed by atoms with van der Waals surface area (Å²) in [6.07, 6.45) is 5.37. The number of piperidine rings is 1. The zero-order valence-corrected chi connectivity index (χ0v) is 14.0. The van der Waals surface area contributed by atoms with Crippen molar-refractivity contribution in [2.45, 2.75) is 44.9 Å². The van der Waals surface area contributed by atoms with Gasteiger partial charge in [-0.3, -0.25) is 4.79 Å². The molecule has 6 nitrogen and oxygen atoms in total. The maximum absolute atomic E-state index is 12.5. The fraction of sp³-hybridized carbons (Fsp3) is 0.625. The third kappa shape index (κ3) is 2.78. The molecular weight excluding hydrogens is 312 g/mol. The molecule has 2 fully saturated rings. The Morgan fingerprint density at radius 3 is 2.91 bits per heavy atom. The standard InChI is InChI=1S/C16H20N4O2S/c1-10-8-13(22-18-10)15-14(17-19-23-15)12-6-3-7-20(9-12)16(21)11-4-2-5-11/h8,11-12H,2-7,9H2,1H3. The first kappa shape index (κ1) is 14.8. The molecule has 122 valence electrons. The van der Waals surface area contributed by atoms with E-state index in [2.05, 4.69) is 14.7 Å². The minimum Gasteiger partial charge on any atom is -0.355 e. The molecule has 1 unspecified atom stereocenters. The van der Waals surface area contributed by atoms with Gasteiger partial charge in [-0.15, -0.1) is 5.10 Å². The van der Waals surface area contributed by atoms with Gasteiger partial charge in [0.05, 0.1) is 11.4 Å². The summed E-state index contributed by atoms with van der Waals surface area (Å²) in [4.78, 5) is 15.5. The molecular formula is C16H20N4O2S. The Kier molecular flexibility index (Phi) is 3.88. The Bertz CT molecular complexity index is 707. The van der Waals surface area contributed by atoms with Crippen LogP contribution in [0.1, 0.15) is 49.4 Å². The summed E-state index contributed by atoms with van der Waals surface area (Å²) in [6, 6.07) is 1.92. The summed E-state index contributed by atoms with van der Waals surface area (Å²) in [7, 11) is 0. The van der Waals surface area contributed by atoms with Crippen molar-refractivity contribution in [2.24, 2.45) is 5.92 Å². The van der Waals surface area contributed by atoms with Gasteiger partial charge in [0.1, 0.15) is 4.88 Å². The molecule has 2 aromatic rings. The number of amides is 1. The molecule has 3 heterocycles. The van der Waals surface area contributed by atoms with Gasteiger partial charge < -0.3 is 9.42 Å². The average molecular weight is 332 g/mol. The minimum atomic E-state index is 0.243. The summed E-state index contributed by atoms with van der Waals surface area (Å²) in [5, 5.41) is 8.30. The van der Waals surface area contributed by atoms with Gasteiger partial charge in [0.2, 0.25) is 5.91 Å². The molecule has 0 bridgehead atoms. The van der Waals surface area contributed by atoms with E-state index in [1.807, 2.05) is 17.9 Å². The van der Waals surface area contributed by atoms with E-state index >= 15 is 0 Å². The summed E-state index contributed by atoms with van der Waals surface area (Å²) in [5.41, 5.74) is 1.81. The van der Waals surface area contributed by atoms with Crippen molar-refractivity contribution in [3.63, 3.8) is 0 Å². The van der Waals surface area contributed by atoms with Crippen molar-refractivity contribution in [1.82, 2.24) is 19.6 Å². The van der Waals surface area contributed by atoms with Crippen LogP contribution in [0.5, 0.6) is 0 Å². The third-order valence-corrected chi connectivity index (χ3v) is 5.70. The van der Waals surface area contributed by atoms with Gasteiger partial charge in [0.15, 0.2) is 5.76 Å². The maximum atomic E-state index is 12.5. The highest BCUT2D eigenvalue weighted by Gasteiger charge is 2.34. The molecule has 2 aromatic heterocycles. The van der Waals surface area contributed by atoms with Crippen LogP contribution in [0.25, 0.3) is 10.6 Å². The van der Waals surface area contributed by atoms with E-state index in [9.17, 15) is 4.79 Å². The van der Waals surface area contributed by atoms with Crippen LogP contribution in [0, 0.1) is 12.8 Å². The molecule has 1 saturated carbocycles. The third-order valence-electron chi connectivity index (χ3n) is 4.94. The Labute approximate surface area is 139 Å². The SMILES string of the molecule is Cc1cc(-c2snnc2C2CCCN(C(=O)C3CCC3)C2)on1. The van der Waals surface area contributed by atoms with Crippen LogP contribution in [0.2, 0.25) is 0 Å². The minimum absolute atomic E-state index is 0.243. The van der Waals surface area contributed by atoms with E-state index < -0.39 is 0 Å². The predicted octanol–water partition coefficient (Wildman–Crippen LogP) is 3.01. The Balaban J connectivity index is 1.54. The van der Waals surface area contributed by atoms with E-state index in [0.717, 1.165) is 60.8 Å². The molecule has 2 aliphatic rings. The lowest BCUT2D eigenvalue weighted by Gasteiger charge is -2.36. The highest BCUT2D eigenvalue weighted by Crippen LogP contribution is 2.37. The molecule has 1 atom stereocenters. The molecule has 1 aliphatic carbocycles. The summed E-state index contributed by atoms with van der Waals surface area (Å²) in [6.45, 7) is 3.53. The van der Waals surface area contributed by atoms with Gasteiger partial charge in [-0.2, -0.15) is 0 Å². The van der Waals surface area contributed by atoms with Crippen molar-refractivity contribution >= 4 is 17.4 Å². The molecule has 4 rings (SSSR count). The van der Waals surface area contributed by atoms with Crippen LogP contribution in [0.15, 0.2) is 10.6 Å². The second-order valence-electron chi connectivity index (χ2n) is 6.57. The second-order valence-corrected chi connectivity index (χ2v) is 7.33. The Morgan fingerprint density at radius 2 is 2.22 bits per heavy atom. The average Bonchev–Trinajstić information content (AvgIpc) is 3.14. The molecule has 7 heteroatoms. The summed E-state index contributed by atoms with van der Waals surface area (Å²) < 4.78 is 9.49. The zero-order valence-electron chi connectivity index (χ0n) is 13.2. The van der Waals surface area contributed by atoms with Crippen molar-refractivity contribution in [3.8, 4) is 10.6 Å². The molecule has 1 aliphatic heterocycles. The first-order valence-corrected chi connectivity index (χ1v) is 9.04. The van der Waals surface area contributed by atoms with Gasteiger partial charge in [0, 0.05) is 31.0 Å². The van der Waals surface area contributed by atoms with Crippen molar-refractivity contribution < 1.29 is 9.32 Å². The molecule has 1 amide bonds. The number of likely N-dealkylation sites (tertiary alicyclic amines) is 1. The Morgan fingerprint density at radius 1 is 1.35 bits per heavy atom. The van der Waals surface area contributed by atoms with E-state index in [0.29, 0.717) is 5.91 Å². The number of aryl methyl sites for hydroxylation is 1. The van der Waals surface area contributed by atoms with Gasteiger partial charge in [-0.25, -0.2) is 0 Å². The highest BCUT2D eigenvalue weighted by molar-refractivity contribution is 7.09. The topological polar surface area (TPSA) is 72.1 Å². The number of hydrogen-bond acceptors (Lipinski definition) is 6. The zero-order chi connectivity index (χ0) is 15.8. The van der Waals surface area contributed by atoms with Crippen LogP contribution in [0.3, 0.4) is 0 Å². The normalized spacial score (nSPS) is 22.1. The number of rotatable bonds is 3. The fourth-order valence-corrected chi connectivity index (χ4v) is 4.12. The molecule has 1 saturated heterocycles. The molecule has 0 radical (unpaired) electrons. The van der Waals surface area contributed by atoms with Crippen LogP contribution >= 0.6 is 11.5 Å². The summed E-state index contributed by atoms with van der Waals surface area (Å²) >= 11 is 1.34. The van der Waals surface area contributed by atoms with E-state index in [1.165, 1.54) is 18.0 Å². The number of nitrogens with zero attached hydrogens (tertiary/aromatic N) is 4. The van der Waals surface area contributed by atoms with Gasteiger partial charge in [-0.1, -0.05) is 16.1 Å². The monoisotopic (exact) mass is 332 g/mol. The van der Waals surface area contributed by atoms with Gasteiger partial charge in [0.25, 0.3) is 0 Å². The number of hydrogen-bond donors (Lipinski definition) is 0. The van der Waals surface area contributed by atoms with Crippen LogP contribution in [-0.4, -0.2) is 38.6 Å². The van der Waals surface area contributed by atoms with Crippen molar-refractivity contribution in [1.29, 1.82) is 0 Å². The van der Waals surface area contributed by atoms with Gasteiger partial charge >= 0.3 is 0 Å². The second kappa shape index (κ2) is 6.03. The Hall–Kier alpha value is -1.76. The summed E-state index contributed by atoms with van der Waals surface area (Å²) in [5.74, 6) is 1.57. The molecule has 0 N–H and O–H groups in total. The lowest BCUT2D eigenvalue weighted by Crippen LogP contribution is -2.44. The van der Waals surface area contributed by atoms with Crippen LogP contribution in [0.4, 0.5) is 0 Å². The lowest BCUT2D eigenvalue weighted by molar-refractivity contribution is -0.139. The van der Waals surface area contributed by atoms with E-state index in [-0.39, 0.29) is 11.8 Å². The first-order chi connectivity index (χ1) is 11.2. The maximum Gasteiger partial charge on any atom is 0.225 e. The van der Waals surface area contributed by atoms with E-state index in [1.54, 1.807) is 0 Å².